The van der Waals surface area contributed by atoms with Crippen LogP contribution in [0.4, 0.5) is 5.69 Å². The molecule has 0 bridgehead atoms. The molecule has 1 atom stereocenters. The van der Waals surface area contributed by atoms with E-state index in [1.54, 1.807) is 0 Å². The Balaban J connectivity index is 1.72. The van der Waals surface area contributed by atoms with Gasteiger partial charge in [-0.05, 0) is 31.4 Å². The fourth-order valence-corrected chi connectivity index (χ4v) is 1.91. The Labute approximate surface area is 95.8 Å². The summed E-state index contributed by atoms with van der Waals surface area (Å²) in [6, 6.07) is 9.54. The van der Waals surface area contributed by atoms with Gasteiger partial charge in [-0.3, -0.25) is 4.79 Å². The molecule has 1 aromatic carbocycles. The van der Waals surface area contributed by atoms with Crippen LogP contribution in [0.2, 0.25) is 0 Å². The summed E-state index contributed by atoms with van der Waals surface area (Å²) in [5, 5.41) is 2.87. The Morgan fingerprint density at radius 1 is 1.38 bits per heavy atom. The van der Waals surface area contributed by atoms with Crippen LogP contribution < -0.4 is 5.32 Å². The van der Waals surface area contributed by atoms with E-state index in [4.69, 9.17) is 4.74 Å². The molecule has 1 fully saturated rings. The zero-order chi connectivity index (χ0) is 11.2. The molecule has 0 aromatic heterocycles. The number of benzene rings is 1. The van der Waals surface area contributed by atoms with E-state index in [9.17, 15) is 4.79 Å². The summed E-state index contributed by atoms with van der Waals surface area (Å²) in [4.78, 5) is 11.6. The van der Waals surface area contributed by atoms with Crippen LogP contribution in [-0.4, -0.2) is 18.6 Å². The van der Waals surface area contributed by atoms with E-state index in [-0.39, 0.29) is 5.91 Å². The molecule has 1 heterocycles. The van der Waals surface area contributed by atoms with Gasteiger partial charge in [0.25, 0.3) is 0 Å². The Morgan fingerprint density at radius 2 is 2.19 bits per heavy atom. The van der Waals surface area contributed by atoms with Crippen molar-refractivity contribution in [2.24, 2.45) is 0 Å². The zero-order valence-electron chi connectivity index (χ0n) is 9.32. The highest BCUT2D eigenvalue weighted by Crippen LogP contribution is 2.17. The van der Waals surface area contributed by atoms with Gasteiger partial charge in [-0.25, -0.2) is 0 Å². The second-order valence-corrected chi connectivity index (χ2v) is 4.09. The molecule has 1 N–H and O–H groups in total. The van der Waals surface area contributed by atoms with Crippen LogP contribution in [0.3, 0.4) is 0 Å². The van der Waals surface area contributed by atoms with Crippen molar-refractivity contribution in [3.8, 4) is 0 Å². The molecule has 0 saturated carbocycles. The summed E-state index contributed by atoms with van der Waals surface area (Å²) < 4.78 is 5.47. The van der Waals surface area contributed by atoms with Gasteiger partial charge < -0.3 is 10.1 Å². The number of hydrogen-bond acceptors (Lipinski definition) is 2. The summed E-state index contributed by atoms with van der Waals surface area (Å²) in [5.41, 5.74) is 0.861. The SMILES string of the molecule is O=C(CC[C@H]1CCCO1)Nc1ccccc1. The van der Waals surface area contributed by atoms with Gasteiger partial charge in [0.15, 0.2) is 0 Å². The molecule has 1 aromatic rings. The molecule has 1 saturated heterocycles. The first-order valence-corrected chi connectivity index (χ1v) is 5.81. The Morgan fingerprint density at radius 3 is 2.88 bits per heavy atom. The maximum absolute atomic E-state index is 11.6. The average Bonchev–Trinajstić information content (AvgIpc) is 2.81. The van der Waals surface area contributed by atoms with E-state index in [0.717, 1.165) is 31.6 Å². The van der Waals surface area contributed by atoms with Gasteiger partial charge in [-0.2, -0.15) is 0 Å². The summed E-state index contributed by atoms with van der Waals surface area (Å²) in [5.74, 6) is 0.0710. The highest BCUT2D eigenvalue weighted by atomic mass is 16.5. The zero-order valence-corrected chi connectivity index (χ0v) is 9.32. The third kappa shape index (κ3) is 3.35. The van der Waals surface area contributed by atoms with Crippen LogP contribution >= 0.6 is 0 Å². The predicted octanol–water partition coefficient (Wildman–Crippen LogP) is 2.58. The molecule has 0 unspecified atom stereocenters. The lowest BCUT2D eigenvalue weighted by atomic mass is 10.1. The number of hydrogen-bond donors (Lipinski definition) is 1. The summed E-state index contributed by atoms with van der Waals surface area (Å²) in [6.45, 7) is 0.852. The van der Waals surface area contributed by atoms with E-state index >= 15 is 0 Å². The van der Waals surface area contributed by atoms with E-state index in [1.165, 1.54) is 0 Å². The van der Waals surface area contributed by atoms with Crippen molar-refractivity contribution >= 4 is 11.6 Å². The molecule has 86 valence electrons. The van der Waals surface area contributed by atoms with Crippen molar-refractivity contribution in [1.82, 2.24) is 0 Å². The molecule has 16 heavy (non-hydrogen) atoms. The number of nitrogens with one attached hydrogen (secondary N) is 1. The molecule has 1 aliphatic heterocycles. The van der Waals surface area contributed by atoms with Crippen molar-refractivity contribution in [2.45, 2.75) is 31.8 Å². The number of para-hydroxylation sites is 1. The van der Waals surface area contributed by atoms with Crippen LogP contribution in [0.25, 0.3) is 0 Å². The molecule has 1 aliphatic rings. The van der Waals surface area contributed by atoms with Crippen LogP contribution in [0.1, 0.15) is 25.7 Å². The van der Waals surface area contributed by atoms with Crippen molar-refractivity contribution in [3.63, 3.8) is 0 Å². The molecule has 0 radical (unpaired) electrons. The number of carbonyl (C=O) groups excluding carboxylic acids is 1. The Bertz CT molecular complexity index is 331. The first-order chi connectivity index (χ1) is 7.84. The minimum atomic E-state index is 0.0710. The van der Waals surface area contributed by atoms with E-state index in [1.807, 2.05) is 30.3 Å². The molecule has 3 heteroatoms. The van der Waals surface area contributed by atoms with Crippen molar-refractivity contribution in [3.05, 3.63) is 30.3 Å². The minimum Gasteiger partial charge on any atom is -0.378 e. The van der Waals surface area contributed by atoms with Crippen LogP contribution in [0.5, 0.6) is 0 Å². The maximum Gasteiger partial charge on any atom is 0.224 e. The second kappa shape index (κ2) is 5.66. The van der Waals surface area contributed by atoms with E-state index in [0.29, 0.717) is 12.5 Å². The topological polar surface area (TPSA) is 38.3 Å². The van der Waals surface area contributed by atoms with Gasteiger partial charge in [-0.1, -0.05) is 18.2 Å². The van der Waals surface area contributed by atoms with Crippen LogP contribution in [0.15, 0.2) is 30.3 Å². The van der Waals surface area contributed by atoms with E-state index in [2.05, 4.69) is 5.32 Å². The van der Waals surface area contributed by atoms with Crippen LogP contribution in [0, 0.1) is 0 Å². The third-order valence-corrected chi connectivity index (χ3v) is 2.77. The number of anilines is 1. The summed E-state index contributed by atoms with van der Waals surface area (Å²) >= 11 is 0. The van der Waals surface area contributed by atoms with Gasteiger partial charge in [0.2, 0.25) is 5.91 Å². The minimum absolute atomic E-state index is 0.0710. The first kappa shape index (κ1) is 11.1. The number of carbonyl (C=O) groups is 1. The van der Waals surface area contributed by atoms with Crippen LogP contribution in [-0.2, 0) is 9.53 Å². The Hall–Kier alpha value is -1.35. The van der Waals surface area contributed by atoms with Crippen molar-refractivity contribution < 1.29 is 9.53 Å². The number of amides is 1. The summed E-state index contributed by atoms with van der Waals surface area (Å²) in [7, 11) is 0. The lowest BCUT2D eigenvalue weighted by Crippen LogP contribution is -2.15. The molecular formula is C13H17NO2. The Kier molecular flexibility index (Phi) is 3.94. The normalized spacial score (nSPS) is 19.6. The fourth-order valence-electron chi connectivity index (χ4n) is 1.91. The van der Waals surface area contributed by atoms with Gasteiger partial charge in [-0.15, -0.1) is 0 Å². The fraction of sp³-hybridized carbons (Fsp3) is 0.462. The quantitative estimate of drug-likeness (QED) is 0.845. The smallest absolute Gasteiger partial charge is 0.224 e. The summed E-state index contributed by atoms with van der Waals surface area (Å²) in [6.07, 6.45) is 3.89. The van der Waals surface area contributed by atoms with Gasteiger partial charge in [0, 0.05) is 18.7 Å². The molecule has 0 aliphatic carbocycles. The molecule has 2 rings (SSSR count). The predicted molar refractivity (Wildman–Crippen MR) is 63.3 cm³/mol. The molecule has 0 spiro atoms. The third-order valence-electron chi connectivity index (χ3n) is 2.77. The lowest BCUT2D eigenvalue weighted by Gasteiger charge is -2.09. The molecule has 3 nitrogen and oxygen atoms in total. The van der Waals surface area contributed by atoms with E-state index < -0.39 is 0 Å². The van der Waals surface area contributed by atoms with Crippen molar-refractivity contribution in [1.29, 1.82) is 0 Å². The maximum atomic E-state index is 11.6. The van der Waals surface area contributed by atoms with Gasteiger partial charge in [0.1, 0.15) is 0 Å². The highest BCUT2D eigenvalue weighted by molar-refractivity contribution is 5.90. The standard InChI is InChI=1S/C13H17NO2/c15-13(9-8-12-7-4-10-16-12)14-11-5-2-1-3-6-11/h1-3,5-6,12H,4,7-10H2,(H,14,15)/t12-/m1/s1. The molecular weight excluding hydrogens is 202 g/mol. The average molecular weight is 219 g/mol. The number of ether oxygens (including phenoxy) is 1. The largest absolute Gasteiger partial charge is 0.378 e. The van der Waals surface area contributed by atoms with Crippen molar-refractivity contribution in [2.75, 3.05) is 11.9 Å². The lowest BCUT2D eigenvalue weighted by molar-refractivity contribution is -0.116. The second-order valence-electron chi connectivity index (χ2n) is 4.09. The van der Waals surface area contributed by atoms with Gasteiger partial charge in [0.05, 0.1) is 6.10 Å². The first-order valence-electron chi connectivity index (χ1n) is 5.81. The number of rotatable bonds is 4. The highest BCUT2D eigenvalue weighted by Gasteiger charge is 2.16. The monoisotopic (exact) mass is 219 g/mol. The van der Waals surface area contributed by atoms with Gasteiger partial charge >= 0.3 is 0 Å². The molecule has 1 amide bonds.